The van der Waals surface area contributed by atoms with Gasteiger partial charge in [-0.2, -0.15) is 0 Å². The third kappa shape index (κ3) is 1.37. The van der Waals surface area contributed by atoms with Crippen LogP contribution in [0.3, 0.4) is 0 Å². The van der Waals surface area contributed by atoms with Crippen molar-refractivity contribution in [3.05, 3.63) is 66.4 Å². The van der Waals surface area contributed by atoms with E-state index in [1.165, 1.54) is 27.1 Å². The molecule has 0 saturated heterocycles. The summed E-state index contributed by atoms with van der Waals surface area (Å²) in [5.74, 6) is 0. The Kier molecular flexibility index (Phi) is 1.92. The molecule has 99 valence electrons. The van der Waals surface area contributed by atoms with Crippen LogP contribution in [0.2, 0.25) is 0 Å². The number of aromatic amines is 1. The second-order valence-corrected chi connectivity index (χ2v) is 5.63. The van der Waals surface area contributed by atoms with Crippen molar-refractivity contribution >= 4 is 38.2 Å². The average molecular weight is 269 g/mol. The maximum atomic E-state index is 3.59. The molecular formula is C19H13N2. The van der Waals surface area contributed by atoms with Crippen LogP contribution in [0.5, 0.6) is 0 Å². The molecule has 2 nitrogen and oxygen atoms in total. The number of fused-ring (bicyclic) bond motifs is 4. The van der Waals surface area contributed by atoms with Crippen molar-refractivity contribution in [2.45, 2.75) is 6.92 Å². The second kappa shape index (κ2) is 3.67. The molecule has 1 N–H and O–H groups in total. The minimum Gasteiger partial charge on any atom is -0.340 e. The molecule has 0 atom stereocenters. The van der Waals surface area contributed by atoms with E-state index in [0.717, 1.165) is 16.7 Å². The lowest BCUT2D eigenvalue weighted by Gasteiger charge is -2.10. The lowest BCUT2D eigenvalue weighted by atomic mass is 10.0. The van der Waals surface area contributed by atoms with Crippen molar-refractivity contribution in [2.75, 3.05) is 0 Å². The fraction of sp³-hybridized carbons (Fsp3) is 0.0526. The molecular weight excluding hydrogens is 256 g/mol. The number of nitrogens with one attached hydrogen (secondary N) is 1. The van der Waals surface area contributed by atoms with Gasteiger partial charge in [0.25, 0.3) is 0 Å². The molecule has 0 bridgehead atoms. The van der Waals surface area contributed by atoms with Crippen molar-refractivity contribution in [3.63, 3.8) is 0 Å². The third-order valence-electron chi connectivity index (χ3n) is 4.24. The molecule has 0 spiro atoms. The number of rotatable bonds is 0. The normalized spacial score (nSPS) is 12.0. The summed E-state index contributed by atoms with van der Waals surface area (Å²) in [6.45, 7) is 2.10. The molecule has 0 saturated carbocycles. The Morgan fingerprint density at radius 3 is 2.81 bits per heavy atom. The molecule has 2 heteroatoms. The van der Waals surface area contributed by atoms with Gasteiger partial charge in [0.15, 0.2) is 0 Å². The Morgan fingerprint density at radius 1 is 1.00 bits per heavy atom. The molecule has 0 aliphatic carbocycles. The lowest BCUT2D eigenvalue weighted by molar-refractivity contribution is 1.22. The van der Waals surface area contributed by atoms with E-state index in [1.54, 1.807) is 0 Å². The van der Waals surface area contributed by atoms with E-state index >= 15 is 0 Å². The molecule has 5 rings (SSSR count). The topological polar surface area (TPSA) is 20.2 Å². The van der Waals surface area contributed by atoms with Gasteiger partial charge < -0.3 is 9.38 Å². The van der Waals surface area contributed by atoms with Crippen LogP contribution in [0, 0.1) is 13.0 Å². The number of hydrogen-bond donors (Lipinski definition) is 1. The maximum absolute atomic E-state index is 3.59. The van der Waals surface area contributed by atoms with E-state index in [0.29, 0.717) is 0 Å². The summed E-state index contributed by atoms with van der Waals surface area (Å²) in [6.07, 6.45) is 2.19. The predicted octanol–water partition coefficient (Wildman–Crippen LogP) is 4.84. The smallest absolute Gasteiger partial charge is 0.123 e. The van der Waals surface area contributed by atoms with Crippen molar-refractivity contribution in [2.24, 2.45) is 0 Å². The summed E-state index contributed by atoms with van der Waals surface area (Å²) in [7, 11) is 0. The zero-order valence-corrected chi connectivity index (χ0v) is 11.6. The van der Waals surface area contributed by atoms with E-state index in [9.17, 15) is 0 Å². The number of hydrogen-bond acceptors (Lipinski definition) is 0. The highest BCUT2D eigenvalue weighted by atomic mass is 15.0. The number of benzene rings is 3. The minimum absolute atomic E-state index is 1.13. The summed E-state index contributed by atoms with van der Waals surface area (Å²) in [6, 6.07) is 20.6. The quantitative estimate of drug-likeness (QED) is 0.415. The van der Waals surface area contributed by atoms with Crippen LogP contribution in [0.15, 0.2) is 54.7 Å². The summed E-state index contributed by atoms with van der Waals surface area (Å²) in [4.78, 5) is 3.59. The van der Waals surface area contributed by atoms with Crippen molar-refractivity contribution in [1.82, 2.24) is 9.38 Å². The molecule has 2 aromatic heterocycles. The standard InChI is InChI=1S/C19H13N2/c1-12-9-13-6-4-8-16-18(13)17(10-12)21-11-14-5-2-3-7-15(14)19(21)20-16/h2-9,11,20H,1H3. The Labute approximate surface area is 121 Å². The van der Waals surface area contributed by atoms with Gasteiger partial charge in [-0.05, 0) is 23.9 Å². The highest BCUT2D eigenvalue weighted by molar-refractivity contribution is 6.10. The van der Waals surface area contributed by atoms with Gasteiger partial charge in [-0.1, -0.05) is 42.5 Å². The number of nitrogens with zero attached hydrogens (tertiary/aromatic N) is 1. The largest absolute Gasteiger partial charge is 0.340 e. The van der Waals surface area contributed by atoms with Gasteiger partial charge in [0.2, 0.25) is 0 Å². The van der Waals surface area contributed by atoms with Crippen LogP contribution in [0.25, 0.3) is 38.2 Å². The highest BCUT2D eigenvalue weighted by Gasteiger charge is 2.10. The number of H-pyrrole nitrogens is 1. The Morgan fingerprint density at radius 2 is 1.86 bits per heavy atom. The van der Waals surface area contributed by atoms with Crippen LogP contribution < -0.4 is 0 Å². The van der Waals surface area contributed by atoms with Crippen molar-refractivity contribution in [1.29, 1.82) is 0 Å². The first-order chi connectivity index (χ1) is 10.3. The van der Waals surface area contributed by atoms with E-state index < -0.39 is 0 Å². The summed E-state index contributed by atoms with van der Waals surface area (Å²) < 4.78 is 2.23. The highest BCUT2D eigenvalue weighted by Crippen LogP contribution is 2.31. The number of aryl methyl sites for hydroxylation is 1. The lowest BCUT2D eigenvalue weighted by Crippen LogP contribution is -1.93. The zero-order valence-electron chi connectivity index (χ0n) is 11.6. The molecule has 5 aromatic rings. The second-order valence-electron chi connectivity index (χ2n) is 5.63. The Hall–Kier alpha value is -2.74. The first-order valence-electron chi connectivity index (χ1n) is 7.14. The van der Waals surface area contributed by atoms with Gasteiger partial charge in [-0.3, -0.25) is 0 Å². The zero-order chi connectivity index (χ0) is 14.0. The average Bonchev–Trinajstić information content (AvgIpc) is 2.86. The molecule has 21 heavy (non-hydrogen) atoms. The molecule has 1 radical (unpaired) electrons. The van der Waals surface area contributed by atoms with E-state index in [-0.39, 0.29) is 0 Å². The van der Waals surface area contributed by atoms with Crippen LogP contribution in [0.1, 0.15) is 5.56 Å². The van der Waals surface area contributed by atoms with Crippen molar-refractivity contribution in [3.8, 4) is 0 Å². The molecule has 0 aliphatic heterocycles. The van der Waals surface area contributed by atoms with Gasteiger partial charge in [0.1, 0.15) is 5.65 Å². The molecule has 0 fully saturated rings. The monoisotopic (exact) mass is 269 g/mol. The first-order valence-corrected chi connectivity index (χ1v) is 7.14. The third-order valence-corrected chi connectivity index (χ3v) is 4.24. The molecule has 2 heterocycles. The first kappa shape index (κ1) is 11.0. The van der Waals surface area contributed by atoms with Crippen LogP contribution in [-0.4, -0.2) is 9.38 Å². The molecule has 3 aromatic carbocycles. The van der Waals surface area contributed by atoms with Gasteiger partial charge >= 0.3 is 0 Å². The fourth-order valence-corrected chi connectivity index (χ4v) is 3.35. The fourth-order valence-electron chi connectivity index (χ4n) is 3.35. The Balaban J connectivity index is 2.19. The van der Waals surface area contributed by atoms with Crippen LogP contribution >= 0.6 is 0 Å². The van der Waals surface area contributed by atoms with Crippen molar-refractivity contribution < 1.29 is 0 Å². The minimum atomic E-state index is 1.13. The van der Waals surface area contributed by atoms with Gasteiger partial charge in [0, 0.05) is 33.9 Å². The van der Waals surface area contributed by atoms with Crippen LogP contribution in [0.4, 0.5) is 0 Å². The summed E-state index contributed by atoms with van der Waals surface area (Å²) in [5, 5.41) is 5.00. The maximum Gasteiger partial charge on any atom is 0.123 e. The summed E-state index contributed by atoms with van der Waals surface area (Å²) in [5.41, 5.74) is 4.60. The van der Waals surface area contributed by atoms with Gasteiger partial charge in [0.05, 0.1) is 5.52 Å². The molecule has 0 aliphatic rings. The van der Waals surface area contributed by atoms with Gasteiger partial charge in [-0.15, -0.1) is 0 Å². The van der Waals surface area contributed by atoms with E-state index in [1.807, 2.05) is 0 Å². The Bertz CT molecular complexity index is 1140. The molecule has 0 amide bonds. The molecule has 0 unspecified atom stereocenters. The van der Waals surface area contributed by atoms with Gasteiger partial charge in [-0.25, -0.2) is 0 Å². The van der Waals surface area contributed by atoms with Crippen LogP contribution in [-0.2, 0) is 0 Å². The number of aromatic nitrogens is 2. The SMILES string of the molecule is Cc1[c]c2c3c(cccc3[nH]c3c4ccccc4cn23)c1. The van der Waals surface area contributed by atoms with E-state index in [2.05, 4.69) is 77.1 Å². The predicted molar refractivity (Wildman–Crippen MR) is 87.8 cm³/mol. The van der Waals surface area contributed by atoms with E-state index in [4.69, 9.17) is 0 Å². The summed E-state index contributed by atoms with van der Waals surface area (Å²) >= 11 is 0.